The smallest absolute Gasteiger partial charge is 0.122 e. The van der Waals surface area contributed by atoms with Gasteiger partial charge in [0.05, 0.1) is 19.8 Å². The van der Waals surface area contributed by atoms with Crippen LogP contribution < -0.4 is 4.74 Å². The number of hydrogen-bond donors (Lipinski definition) is 0. The van der Waals surface area contributed by atoms with Crippen LogP contribution in [0.4, 0.5) is 0 Å². The molecule has 0 amide bonds. The van der Waals surface area contributed by atoms with E-state index in [-0.39, 0.29) is 0 Å². The number of nitrogens with zero attached hydrogens (tertiary/aromatic N) is 1. The van der Waals surface area contributed by atoms with Crippen molar-refractivity contribution in [2.24, 2.45) is 0 Å². The molecule has 0 bridgehead atoms. The van der Waals surface area contributed by atoms with Crippen molar-refractivity contribution in [2.75, 3.05) is 39.5 Å². The lowest BCUT2D eigenvalue weighted by atomic mass is 10.1. The minimum atomic E-state index is 0.736. The molecule has 0 aliphatic carbocycles. The Hall–Kier alpha value is -1.06. The second-order valence-corrected chi connectivity index (χ2v) is 5.10. The summed E-state index contributed by atoms with van der Waals surface area (Å²) >= 11 is 0. The van der Waals surface area contributed by atoms with Crippen LogP contribution in [0.3, 0.4) is 0 Å². The third kappa shape index (κ3) is 4.51. The maximum Gasteiger partial charge on any atom is 0.122 e. The summed E-state index contributed by atoms with van der Waals surface area (Å²) in [6.45, 7) is 9.99. The lowest BCUT2D eigenvalue weighted by Crippen LogP contribution is -2.36. The molecule has 1 aromatic carbocycles. The van der Waals surface area contributed by atoms with Gasteiger partial charge in [-0.3, -0.25) is 4.90 Å². The average Bonchev–Trinajstić information content (AvgIpc) is 2.43. The van der Waals surface area contributed by atoms with Gasteiger partial charge in [0.1, 0.15) is 5.75 Å². The molecule has 3 heteroatoms. The van der Waals surface area contributed by atoms with Crippen LogP contribution in [0.15, 0.2) is 18.2 Å². The summed E-state index contributed by atoms with van der Waals surface area (Å²) in [5, 5.41) is 0. The molecule has 1 heterocycles. The van der Waals surface area contributed by atoms with Gasteiger partial charge in [0.15, 0.2) is 0 Å². The van der Waals surface area contributed by atoms with Gasteiger partial charge in [-0.25, -0.2) is 0 Å². The van der Waals surface area contributed by atoms with E-state index < -0.39 is 0 Å². The number of aryl methyl sites for hydroxylation is 2. The Kier molecular flexibility index (Phi) is 5.67. The number of benzene rings is 1. The molecule has 2 rings (SSSR count). The number of morpholine rings is 1. The maximum atomic E-state index is 5.70. The predicted octanol–water partition coefficient (Wildman–Crippen LogP) is 2.66. The zero-order valence-corrected chi connectivity index (χ0v) is 12.2. The van der Waals surface area contributed by atoms with Gasteiger partial charge in [-0.1, -0.05) is 17.7 Å². The first-order valence-electron chi connectivity index (χ1n) is 7.32. The molecule has 1 fully saturated rings. The first-order valence-corrected chi connectivity index (χ1v) is 7.32. The highest BCUT2D eigenvalue weighted by Gasteiger charge is 2.10. The number of hydrogen-bond acceptors (Lipinski definition) is 3. The SMILES string of the molecule is CCOc1ccc(C)cc1CCCN1CCOCC1. The van der Waals surface area contributed by atoms with Crippen LogP contribution in [-0.4, -0.2) is 44.4 Å². The van der Waals surface area contributed by atoms with E-state index in [2.05, 4.69) is 30.0 Å². The van der Waals surface area contributed by atoms with E-state index in [1.165, 1.54) is 17.5 Å². The van der Waals surface area contributed by atoms with E-state index in [9.17, 15) is 0 Å². The summed E-state index contributed by atoms with van der Waals surface area (Å²) < 4.78 is 11.1. The monoisotopic (exact) mass is 263 g/mol. The minimum absolute atomic E-state index is 0.736. The van der Waals surface area contributed by atoms with Crippen LogP contribution in [0.5, 0.6) is 5.75 Å². The fourth-order valence-electron chi connectivity index (χ4n) is 2.52. The molecular formula is C16H25NO2. The third-order valence-corrected chi connectivity index (χ3v) is 3.54. The van der Waals surface area contributed by atoms with Gasteiger partial charge in [-0.2, -0.15) is 0 Å². The van der Waals surface area contributed by atoms with Crippen LogP contribution in [0.2, 0.25) is 0 Å². The van der Waals surface area contributed by atoms with Gasteiger partial charge in [0.2, 0.25) is 0 Å². The lowest BCUT2D eigenvalue weighted by molar-refractivity contribution is 0.0374. The Bertz CT molecular complexity index is 386. The zero-order valence-electron chi connectivity index (χ0n) is 12.2. The molecule has 0 spiro atoms. The Morgan fingerprint density at radius 2 is 2.05 bits per heavy atom. The molecule has 0 radical (unpaired) electrons. The molecule has 19 heavy (non-hydrogen) atoms. The fraction of sp³-hybridized carbons (Fsp3) is 0.625. The quantitative estimate of drug-likeness (QED) is 0.787. The van der Waals surface area contributed by atoms with Crippen molar-refractivity contribution in [1.29, 1.82) is 0 Å². The van der Waals surface area contributed by atoms with E-state index in [0.717, 1.165) is 51.6 Å². The summed E-state index contributed by atoms with van der Waals surface area (Å²) in [7, 11) is 0. The first-order chi connectivity index (χ1) is 9.29. The summed E-state index contributed by atoms with van der Waals surface area (Å²) in [6, 6.07) is 6.48. The largest absolute Gasteiger partial charge is 0.494 e. The number of rotatable bonds is 6. The molecule has 0 saturated carbocycles. The molecule has 106 valence electrons. The second kappa shape index (κ2) is 7.51. The minimum Gasteiger partial charge on any atom is -0.494 e. The van der Waals surface area contributed by atoms with Crippen molar-refractivity contribution >= 4 is 0 Å². The van der Waals surface area contributed by atoms with E-state index in [1.54, 1.807) is 0 Å². The van der Waals surface area contributed by atoms with Gasteiger partial charge in [0.25, 0.3) is 0 Å². The normalized spacial score (nSPS) is 16.5. The van der Waals surface area contributed by atoms with Crippen LogP contribution >= 0.6 is 0 Å². The lowest BCUT2D eigenvalue weighted by Gasteiger charge is -2.26. The van der Waals surface area contributed by atoms with Crippen molar-refractivity contribution in [1.82, 2.24) is 4.90 Å². The predicted molar refractivity (Wildman–Crippen MR) is 77.9 cm³/mol. The average molecular weight is 263 g/mol. The second-order valence-electron chi connectivity index (χ2n) is 5.10. The van der Waals surface area contributed by atoms with Crippen LogP contribution in [-0.2, 0) is 11.2 Å². The highest BCUT2D eigenvalue weighted by Crippen LogP contribution is 2.21. The molecule has 1 saturated heterocycles. The van der Waals surface area contributed by atoms with E-state index in [4.69, 9.17) is 9.47 Å². The molecule has 0 aromatic heterocycles. The zero-order chi connectivity index (χ0) is 13.5. The van der Waals surface area contributed by atoms with Gasteiger partial charge in [-0.15, -0.1) is 0 Å². The number of ether oxygens (including phenoxy) is 2. The Morgan fingerprint density at radius 3 is 2.79 bits per heavy atom. The van der Waals surface area contributed by atoms with Crippen molar-refractivity contribution < 1.29 is 9.47 Å². The Balaban J connectivity index is 1.85. The molecule has 3 nitrogen and oxygen atoms in total. The van der Waals surface area contributed by atoms with Crippen molar-refractivity contribution in [3.05, 3.63) is 29.3 Å². The van der Waals surface area contributed by atoms with Gasteiger partial charge >= 0.3 is 0 Å². The summed E-state index contributed by atoms with van der Waals surface area (Å²) in [5.41, 5.74) is 2.65. The molecular weight excluding hydrogens is 238 g/mol. The standard InChI is InChI=1S/C16H25NO2/c1-3-19-16-7-6-14(2)13-15(16)5-4-8-17-9-11-18-12-10-17/h6-7,13H,3-5,8-12H2,1-2H3. The van der Waals surface area contributed by atoms with Crippen molar-refractivity contribution in [3.63, 3.8) is 0 Å². The van der Waals surface area contributed by atoms with Crippen molar-refractivity contribution in [3.8, 4) is 5.75 Å². The maximum absolute atomic E-state index is 5.70. The molecule has 0 unspecified atom stereocenters. The molecule has 1 aliphatic heterocycles. The third-order valence-electron chi connectivity index (χ3n) is 3.54. The fourth-order valence-corrected chi connectivity index (χ4v) is 2.52. The van der Waals surface area contributed by atoms with Crippen LogP contribution in [0.1, 0.15) is 24.5 Å². The highest BCUT2D eigenvalue weighted by molar-refractivity contribution is 5.37. The summed E-state index contributed by atoms with van der Waals surface area (Å²) in [6.07, 6.45) is 2.28. The summed E-state index contributed by atoms with van der Waals surface area (Å²) in [4.78, 5) is 2.49. The molecule has 1 aromatic rings. The first kappa shape index (κ1) is 14.4. The van der Waals surface area contributed by atoms with Gasteiger partial charge in [0, 0.05) is 13.1 Å². The summed E-state index contributed by atoms with van der Waals surface area (Å²) in [5.74, 6) is 1.05. The van der Waals surface area contributed by atoms with E-state index >= 15 is 0 Å². The van der Waals surface area contributed by atoms with Gasteiger partial charge in [-0.05, 0) is 44.9 Å². The van der Waals surface area contributed by atoms with E-state index in [0.29, 0.717) is 0 Å². The Morgan fingerprint density at radius 1 is 1.26 bits per heavy atom. The van der Waals surface area contributed by atoms with Crippen molar-refractivity contribution in [2.45, 2.75) is 26.7 Å². The topological polar surface area (TPSA) is 21.7 Å². The van der Waals surface area contributed by atoms with Crippen LogP contribution in [0.25, 0.3) is 0 Å². The molecule has 1 aliphatic rings. The van der Waals surface area contributed by atoms with Crippen LogP contribution in [0, 0.1) is 6.92 Å². The molecule has 0 N–H and O–H groups in total. The van der Waals surface area contributed by atoms with E-state index in [1.807, 2.05) is 6.92 Å². The molecule has 0 atom stereocenters. The highest BCUT2D eigenvalue weighted by atomic mass is 16.5. The van der Waals surface area contributed by atoms with Gasteiger partial charge < -0.3 is 9.47 Å². The Labute approximate surface area is 116 Å².